The highest BCUT2D eigenvalue weighted by molar-refractivity contribution is 8.00. The Morgan fingerprint density at radius 2 is 2.10 bits per heavy atom. The molecule has 0 spiro atoms. The Morgan fingerprint density at radius 1 is 1.40 bits per heavy atom. The predicted octanol–water partition coefficient (Wildman–Crippen LogP) is 3.35. The SMILES string of the molecule is CCCC(Sc1cc(C(=O)O)ccc1F)C(=O)OCC. The molecule has 1 aromatic carbocycles. The van der Waals surface area contributed by atoms with Gasteiger partial charge < -0.3 is 9.84 Å². The molecule has 0 amide bonds. The first-order valence-electron chi connectivity index (χ1n) is 6.35. The van der Waals surface area contributed by atoms with Crippen molar-refractivity contribution in [1.82, 2.24) is 0 Å². The Labute approximate surface area is 121 Å². The third kappa shape index (κ3) is 4.52. The van der Waals surface area contributed by atoms with Crippen molar-refractivity contribution in [3.63, 3.8) is 0 Å². The summed E-state index contributed by atoms with van der Waals surface area (Å²) in [7, 11) is 0. The maximum atomic E-state index is 13.7. The van der Waals surface area contributed by atoms with Crippen LogP contribution in [0.2, 0.25) is 0 Å². The van der Waals surface area contributed by atoms with Gasteiger partial charge in [0.05, 0.1) is 12.2 Å². The standard InChI is InChI=1S/C14H17FO4S/c1-3-5-11(14(18)19-4-2)20-12-8-9(13(16)17)6-7-10(12)15/h6-8,11H,3-5H2,1-2H3,(H,16,17). The Hall–Kier alpha value is -1.56. The Morgan fingerprint density at radius 3 is 2.65 bits per heavy atom. The van der Waals surface area contributed by atoms with Gasteiger partial charge in [-0.2, -0.15) is 0 Å². The van der Waals surface area contributed by atoms with E-state index in [1.165, 1.54) is 12.1 Å². The van der Waals surface area contributed by atoms with Gasteiger partial charge in [-0.05, 0) is 31.5 Å². The number of benzene rings is 1. The first kappa shape index (κ1) is 16.5. The van der Waals surface area contributed by atoms with Gasteiger partial charge in [0, 0.05) is 4.90 Å². The van der Waals surface area contributed by atoms with E-state index in [0.29, 0.717) is 6.42 Å². The van der Waals surface area contributed by atoms with Crippen LogP contribution in [0.1, 0.15) is 37.0 Å². The van der Waals surface area contributed by atoms with Crippen molar-refractivity contribution in [2.45, 2.75) is 36.8 Å². The van der Waals surface area contributed by atoms with Crippen molar-refractivity contribution < 1.29 is 23.8 Å². The largest absolute Gasteiger partial charge is 0.478 e. The van der Waals surface area contributed by atoms with E-state index in [1.807, 2.05) is 6.92 Å². The van der Waals surface area contributed by atoms with Gasteiger partial charge in [-0.3, -0.25) is 4.79 Å². The zero-order chi connectivity index (χ0) is 15.1. The van der Waals surface area contributed by atoms with Crippen molar-refractivity contribution in [3.8, 4) is 0 Å². The van der Waals surface area contributed by atoms with Crippen molar-refractivity contribution >= 4 is 23.7 Å². The summed E-state index contributed by atoms with van der Waals surface area (Å²) in [6.07, 6.45) is 1.29. The Bertz CT molecular complexity index is 490. The van der Waals surface area contributed by atoms with Gasteiger partial charge in [-0.15, -0.1) is 11.8 Å². The summed E-state index contributed by atoms with van der Waals surface area (Å²) in [5.41, 5.74) is -0.00647. The average Bonchev–Trinajstić information content (AvgIpc) is 2.40. The van der Waals surface area contributed by atoms with Crippen LogP contribution in [0.25, 0.3) is 0 Å². The van der Waals surface area contributed by atoms with Crippen molar-refractivity contribution in [2.75, 3.05) is 6.61 Å². The fourth-order valence-electron chi connectivity index (χ4n) is 1.60. The lowest BCUT2D eigenvalue weighted by molar-refractivity contribution is -0.142. The Balaban J connectivity index is 2.95. The summed E-state index contributed by atoms with van der Waals surface area (Å²) in [5.74, 6) is -2.07. The number of hydrogen-bond donors (Lipinski definition) is 1. The van der Waals surface area contributed by atoms with Crippen LogP contribution in [0.3, 0.4) is 0 Å². The predicted molar refractivity (Wildman–Crippen MR) is 74.5 cm³/mol. The molecule has 1 N–H and O–H groups in total. The monoisotopic (exact) mass is 300 g/mol. The second kappa shape index (κ2) is 7.89. The van der Waals surface area contributed by atoms with Gasteiger partial charge in [0.15, 0.2) is 0 Å². The third-order valence-corrected chi connectivity index (χ3v) is 3.83. The highest BCUT2D eigenvalue weighted by Crippen LogP contribution is 2.30. The lowest BCUT2D eigenvalue weighted by Gasteiger charge is -2.15. The zero-order valence-electron chi connectivity index (χ0n) is 11.4. The third-order valence-electron chi connectivity index (χ3n) is 2.55. The number of hydrogen-bond acceptors (Lipinski definition) is 4. The number of carbonyl (C=O) groups is 2. The van der Waals surface area contributed by atoms with E-state index in [-0.39, 0.29) is 17.1 Å². The van der Waals surface area contributed by atoms with Crippen LogP contribution in [-0.2, 0) is 9.53 Å². The van der Waals surface area contributed by atoms with Crippen molar-refractivity contribution in [3.05, 3.63) is 29.6 Å². The summed E-state index contributed by atoms with van der Waals surface area (Å²) in [5, 5.41) is 8.38. The van der Waals surface area contributed by atoms with E-state index >= 15 is 0 Å². The fraction of sp³-hybridized carbons (Fsp3) is 0.429. The number of rotatable bonds is 7. The second-order valence-electron chi connectivity index (χ2n) is 4.10. The summed E-state index contributed by atoms with van der Waals surface area (Å²) in [4.78, 5) is 22.8. The van der Waals surface area contributed by atoms with E-state index in [9.17, 15) is 14.0 Å². The van der Waals surface area contributed by atoms with Gasteiger partial charge in [-0.25, -0.2) is 9.18 Å². The fourth-order valence-corrected chi connectivity index (χ4v) is 2.80. The lowest BCUT2D eigenvalue weighted by atomic mass is 10.2. The number of carboxylic acids is 1. The molecule has 0 saturated carbocycles. The lowest BCUT2D eigenvalue weighted by Crippen LogP contribution is -2.20. The molecule has 0 aliphatic carbocycles. The number of carboxylic acid groups (broad SMARTS) is 1. The summed E-state index contributed by atoms with van der Waals surface area (Å²) >= 11 is 1.01. The molecule has 0 radical (unpaired) electrons. The smallest absolute Gasteiger partial charge is 0.335 e. The van der Waals surface area contributed by atoms with Crippen LogP contribution in [0.4, 0.5) is 4.39 Å². The first-order valence-corrected chi connectivity index (χ1v) is 7.23. The molecule has 4 nitrogen and oxygen atoms in total. The molecule has 0 heterocycles. The first-order chi connectivity index (χ1) is 9.49. The van der Waals surface area contributed by atoms with Gasteiger partial charge in [0.1, 0.15) is 11.1 Å². The van der Waals surface area contributed by atoms with Gasteiger partial charge in [-0.1, -0.05) is 13.3 Å². The van der Waals surface area contributed by atoms with Crippen LogP contribution >= 0.6 is 11.8 Å². The maximum Gasteiger partial charge on any atom is 0.335 e. The van der Waals surface area contributed by atoms with Crippen LogP contribution in [0.15, 0.2) is 23.1 Å². The van der Waals surface area contributed by atoms with Crippen LogP contribution in [-0.4, -0.2) is 28.9 Å². The number of thioether (sulfide) groups is 1. The van der Waals surface area contributed by atoms with Gasteiger partial charge >= 0.3 is 11.9 Å². The summed E-state index contributed by atoms with van der Waals surface area (Å²) < 4.78 is 18.7. The number of esters is 1. The molecule has 1 rings (SSSR count). The normalized spacial score (nSPS) is 11.9. The van der Waals surface area contributed by atoms with E-state index in [1.54, 1.807) is 6.92 Å². The van der Waals surface area contributed by atoms with Crippen LogP contribution in [0, 0.1) is 5.82 Å². The minimum atomic E-state index is -1.13. The molecule has 0 bridgehead atoms. The van der Waals surface area contributed by atoms with Crippen molar-refractivity contribution in [1.29, 1.82) is 0 Å². The van der Waals surface area contributed by atoms with Gasteiger partial charge in [0.2, 0.25) is 0 Å². The molecule has 110 valence electrons. The second-order valence-corrected chi connectivity index (χ2v) is 5.34. The Kier molecular flexibility index (Phi) is 6.51. The molecular formula is C14H17FO4S. The van der Waals surface area contributed by atoms with Crippen LogP contribution < -0.4 is 0 Å². The molecule has 0 saturated heterocycles. The molecular weight excluding hydrogens is 283 g/mol. The molecule has 0 aliphatic rings. The molecule has 20 heavy (non-hydrogen) atoms. The number of carbonyl (C=O) groups excluding carboxylic acids is 1. The zero-order valence-corrected chi connectivity index (χ0v) is 12.2. The molecule has 1 unspecified atom stereocenters. The molecule has 6 heteroatoms. The molecule has 0 aliphatic heterocycles. The molecule has 0 aromatic heterocycles. The minimum Gasteiger partial charge on any atom is -0.478 e. The van der Waals surface area contributed by atoms with E-state index < -0.39 is 23.0 Å². The van der Waals surface area contributed by atoms with Crippen molar-refractivity contribution in [2.24, 2.45) is 0 Å². The molecule has 0 fully saturated rings. The van der Waals surface area contributed by atoms with Crippen LogP contribution in [0.5, 0.6) is 0 Å². The highest BCUT2D eigenvalue weighted by Gasteiger charge is 2.22. The summed E-state index contributed by atoms with van der Waals surface area (Å²) in [6.45, 7) is 3.88. The number of halogens is 1. The summed E-state index contributed by atoms with van der Waals surface area (Å²) in [6, 6.07) is 3.53. The highest BCUT2D eigenvalue weighted by atomic mass is 32.2. The number of aromatic carboxylic acids is 1. The maximum absolute atomic E-state index is 13.7. The molecule has 1 aromatic rings. The van der Waals surface area contributed by atoms with E-state index in [2.05, 4.69) is 0 Å². The quantitative estimate of drug-likeness (QED) is 0.618. The topological polar surface area (TPSA) is 63.6 Å². The van der Waals surface area contributed by atoms with Gasteiger partial charge in [0.25, 0.3) is 0 Å². The number of ether oxygens (including phenoxy) is 1. The average molecular weight is 300 g/mol. The minimum absolute atomic E-state index is 0.00647. The van der Waals surface area contributed by atoms with E-state index in [0.717, 1.165) is 24.2 Å². The van der Waals surface area contributed by atoms with E-state index in [4.69, 9.17) is 9.84 Å². The molecule has 1 atom stereocenters.